The SMILES string of the molecule is COc1[nH]n2c(=O)cc(-c3ccncc3)nc2c1Cc1cccc(Cl)c1Cl. The number of rotatable bonds is 4. The van der Waals surface area contributed by atoms with Crippen LogP contribution in [-0.4, -0.2) is 26.7 Å². The molecule has 0 saturated heterocycles. The average Bonchev–Trinajstić information content (AvgIpc) is 3.04. The maximum absolute atomic E-state index is 12.6. The van der Waals surface area contributed by atoms with Crippen LogP contribution < -0.4 is 10.3 Å². The number of fused-ring (bicyclic) bond motifs is 1. The Kier molecular flexibility index (Phi) is 4.59. The molecule has 0 aliphatic carbocycles. The molecule has 0 fully saturated rings. The predicted octanol–water partition coefficient (Wildman–Crippen LogP) is 3.99. The first-order chi connectivity index (χ1) is 13.1. The van der Waals surface area contributed by atoms with Gasteiger partial charge in [0.05, 0.1) is 28.4 Å². The van der Waals surface area contributed by atoms with E-state index < -0.39 is 0 Å². The molecule has 0 bridgehead atoms. The maximum Gasteiger partial charge on any atom is 0.273 e. The highest BCUT2D eigenvalue weighted by Crippen LogP contribution is 2.31. The molecule has 0 radical (unpaired) electrons. The summed E-state index contributed by atoms with van der Waals surface area (Å²) in [7, 11) is 1.53. The summed E-state index contributed by atoms with van der Waals surface area (Å²) in [5.41, 5.74) is 3.12. The molecule has 27 heavy (non-hydrogen) atoms. The fraction of sp³-hybridized carbons (Fsp3) is 0.105. The van der Waals surface area contributed by atoms with Gasteiger partial charge in [-0.05, 0) is 23.8 Å². The van der Waals surface area contributed by atoms with Gasteiger partial charge in [-0.15, -0.1) is 0 Å². The first-order valence-electron chi connectivity index (χ1n) is 8.10. The third kappa shape index (κ3) is 3.18. The Hall–Kier alpha value is -2.83. The van der Waals surface area contributed by atoms with Crippen molar-refractivity contribution in [1.29, 1.82) is 0 Å². The summed E-state index contributed by atoms with van der Waals surface area (Å²) < 4.78 is 6.79. The first-order valence-corrected chi connectivity index (χ1v) is 8.86. The summed E-state index contributed by atoms with van der Waals surface area (Å²) in [4.78, 5) is 21.3. The van der Waals surface area contributed by atoms with E-state index in [2.05, 4.69) is 15.1 Å². The monoisotopic (exact) mass is 400 g/mol. The fourth-order valence-corrected chi connectivity index (χ4v) is 3.32. The lowest BCUT2D eigenvalue weighted by Gasteiger charge is -2.07. The van der Waals surface area contributed by atoms with Crippen molar-refractivity contribution in [3.05, 3.63) is 80.3 Å². The van der Waals surface area contributed by atoms with Gasteiger partial charge in [-0.25, -0.2) is 4.98 Å². The highest BCUT2D eigenvalue weighted by Gasteiger charge is 2.18. The topological polar surface area (TPSA) is 72.3 Å². The number of aromatic amines is 1. The van der Waals surface area contributed by atoms with Crippen LogP contribution in [-0.2, 0) is 6.42 Å². The Morgan fingerprint density at radius 3 is 2.70 bits per heavy atom. The van der Waals surface area contributed by atoms with E-state index in [-0.39, 0.29) is 5.56 Å². The van der Waals surface area contributed by atoms with Gasteiger partial charge in [0.25, 0.3) is 5.56 Å². The van der Waals surface area contributed by atoms with Gasteiger partial charge in [-0.2, -0.15) is 4.52 Å². The molecule has 3 aromatic heterocycles. The fourth-order valence-electron chi connectivity index (χ4n) is 2.94. The van der Waals surface area contributed by atoms with E-state index in [9.17, 15) is 4.79 Å². The van der Waals surface area contributed by atoms with Crippen molar-refractivity contribution in [2.75, 3.05) is 7.11 Å². The quantitative estimate of drug-likeness (QED) is 0.561. The van der Waals surface area contributed by atoms with Crippen LogP contribution in [0.4, 0.5) is 0 Å². The third-order valence-corrected chi connectivity index (χ3v) is 5.11. The molecule has 0 aliphatic heterocycles. The molecule has 0 unspecified atom stereocenters. The van der Waals surface area contributed by atoms with Gasteiger partial charge in [-0.1, -0.05) is 35.3 Å². The molecule has 4 aromatic rings. The van der Waals surface area contributed by atoms with Crippen molar-refractivity contribution in [1.82, 2.24) is 19.6 Å². The number of hydrogen-bond acceptors (Lipinski definition) is 4. The Bertz CT molecular complexity index is 1190. The number of hydrogen-bond donors (Lipinski definition) is 1. The number of halogens is 2. The van der Waals surface area contributed by atoms with Gasteiger partial charge >= 0.3 is 0 Å². The Morgan fingerprint density at radius 2 is 1.96 bits per heavy atom. The van der Waals surface area contributed by atoms with Crippen molar-refractivity contribution in [2.45, 2.75) is 6.42 Å². The van der Waals surface area contributed by atoms with Gasteiger partial charge in [0.15, 0.2) is 5.65 Å². The van der Waals surface area contributed by atoms with Gasteiger partial charge in [0.1, 0.15) is 0 Å². The van der Waals surface area contributed by atoms with Gasteiger partial charge in [-0.3, -0.25) is 14.9 Å². The molecule has 0 atom stereocenters. The third-order valence-electron chi connectivity index (χ3n) is 4.26. The van der Waals surface area contributed by atoms with E-state index in [0.717, 1.165) is 16.7 Å². The molecule has 8 heteroatoms. The molecule has 6 nitrogen and oxygen atoms in total. The molecule has 4 rings (SSSR count). The zero-order valence-corrected chi connectivity index (χ0v) is 15.8. The second kappa shape index (κ2) is 7.06. The van der Waals surface area contributed by atoms with E-state index in [1.54, 1.807) is 30.6 Å². The number of methoxy groups -OCH3 is 1. The maximum atomic E-state index is 12.6. The van der Waals surface area contributed by atoms with E-state index in [0.29, 0.717) is 33.7 Å². The minimum absolute atomic E-state index is 0.242. The number of aromatic nitrogens is 4. The Labute approximate surface area is 164 Å². The molecule has 0 saturated carbocycles. The lowest BCUT2D eigenvalue weighted by atomic mass is 10.1. The highest BCUT2D eigenvalue weighted by molar-refractivity contribution is 6.42. The average molecular weight is 401 g/mol. The molecule has 136 valence electrons. The lowest BCUT2D eigenvalue weighted by Crippen LogP contribution is -2.14. The molecule has 0 aliphatic rings. The van der Waals surface area contributed by atoms with Crippen LogP contribution in [0.3, 0.4) is 0 Å². The van der Waals surface area contributed by atoms with Gasteiger partial charge in [0.2, 0.25) is 5.88 Å². The van der Waals surface area contributed by atoms with Gasteiger partial charge < -0.3 is 4.74 Å². The Morgan fingerprint density at radius 1 is 1.19 bits per heavy atom. The van der Waals surface area contributed by atoms with Crippen molar-refractivity contribution in [2.24, 2.45) is 0 Å². The number of nitrogens with one attached hydrogen (secondary N) is 1. The van der Waals surface area contributed by atoms with Crippen LogP contribution in [0.1, 0.15) is 11.1 Å². The molecule has 0 amide bonds. The molecule has 0 spiro atoms. The molecular weight excluding hydrogens is 387 g/mol. The molecule has 1 aromatic carbocycles. The van der Waals surface area contributed by atoms with Crippen LogP contribution in [0.25, 0.3) is 16.9 Å². The van der Waals surface area contributed by atoms with Crippen molar-refractivity contribution >= 4 is 28.8 Å². The smallest absolute Gasteiger partial charge is 0.273 e. The van der Waals surface area contributed by atoms with E-state index in [1.165, 1.54) is 17.7 Å². The molecular formula is C19H14Cl2N4O2. The molecule has 1 N–H and O–H groups in total. The van der Waals surface area contributed by atoms with Crippen molar-refractivity contribution < 1.29 is 4.74 Å². The summed E-state index contributed by atoms with van der Waals surface area (Å²) in [5.74, 6) is 0.447. The van der Waals surface area contributed by atoms with E-state index in [4.69, 9.17) is 27.9 Å². The summed E-state index contributed by atoms with van der Waals surface area (Å²) >= 11 is 12.5. The normalized spacial score (nSPS) is 11.1. The summed E-state index contributed by atoms with van der Waals surface area (Å²) in [6.45, 7) is 0. The second-order valence-corrected chi connectivity index (χ2v) is 6.67. The van der Waals surface area contributed by atoms with Crippen LogP contribution >= 0.6 is 23.2 Å². The largest absolute Gasteiger partial charge is 0.481 e. The van der Waals surface area contributed by atoms with Crippen LogP contribution in [0.5, 0.6) is 5.88 Å². The zero-order valence-electron chi connectivity index (χ0n) is 14.2. The van der Waals surface area contributed by atoms with Crippen LogP contribution in [0.2, 0.25) is 10.0 Å². The zero-order chi connectivity index (χ0) is 19.0. The predicted molar refractivity (Wildman–Crippen MR) is 105 cm³/mol. The number of H-pyrrole nitrogens is 1. The van der Waals surface area contributed by atoms with Crippen LogP contribution in [0.15, 0.2) is 53.6 Å². The van der Waals surface area contributed by atoms with Gasteiger partial charge in [0, 0.05) is 30.4 Å². The summed E-state index contributed by atoms with van der Waals surface area (Å²) in [6.07, 6.45) is 3.72. The lowest BCUT2D eigenvalue weighted by molar-refractivity contribution is 0.391. The summed E-state index contributed by atoms with van der Waals surface area (Å²) in [6, 6.07) is 10.5. The number of benzene rings is 1. The number of pyridine rings is 1. The summed E-state index contributed by atoms with van der Waals surface area (Å²) in [5, 5.41) is 3.88. The van der Waals surface area contributed by atoms with E-state index in [1.807, 2.05) is 12.1 Å². The number of ether oxygens (including phenoxy) is 1. The highest BCUT2D eigenvalue weighted by atomic mass is 35.5. The first kappa shape index (κ1) is 17.6. The van der Waals surface area contributed by atoms with Crippen molar-refractivity contribution in [3.8, 4) is 17.1 Å². The number of nitrogens with zero attached hydrogens (tertiary/aromatic N) is 3. The van der Waals surface area contributed by atoms with Crippen molar-refractivity contribution in [3.63, 3.8) is 0 Å². The minimum Gasteiger partial charge on any atom is -0.481 e. The Balaban J connectivity index is 1.92. The van der Waals surface area contributed by atoms with E-state index >= 15 is 0 Å². The van der Waals surface area contributed by atoms with Crippen LogP contribution in [0, 0.1) is 0 Å². The second-order valence-electron chi connectivity index (χ2n) is 5.89. The standard InChI is InChI=1S/C19H14Cl2N4O2/c1-27-19-13(9-12-3-2-4-14(20)17(12)21)18-23-15(10-16(26)25(18)24-19)11-5-7-22-8-6-11/h2-8,10,24H,9H2,1H3. The minimum atomic E-state index is -0.242. The molecule has 3 heterocycles.